The molecule has 0 saturated heterocycles. The van der Waals surface area contributed by atoms with Gasteiger partial charge in [0.15, 0.2) is 0 Å². The van der Waals surface area contributed by atoms with E-state index < -0.39 is 0 Å². The maximum Gasteiger partial charge on any atom is 0.0924 e. The number of aromatic amines is 1. The van der Waals surface area contributed by atoms with Crippen LogP contribution >= 0.6 is 0 Å². The molecule has 0 aliphatic carbocycles. The lowest BCUT2D eigenvalue weighted by atomic mass is 10.1. The maximum atomic E-state index is 5.75. The SMILES string of the molecule is CC(C)NCc1cc(-c2cccc(N)c2)n[nH]1. The van der Waals surface area contributed by atoms with E-state index in [2.05, 4.69) is 29.4 Å². The van der Waals surface area contributed by atoms with Gasteiger partial charge < -0.3 is 11.1 Å². The van der Waals surface area contributed by atoms with Crippen molar-refractivity contribution in [1.82, 2.24) is 15.5 Å². The van der Waals surface area contributed by atoms with E-state index in [-0.39, 0.29) is 0 Å². The summed E-state index contributed by atoms with van der Waals surface area (Å²) in [7, 11) is 0. The number of hydrogen-bond donors (Lipinski definition) is 3. The molecule has 90 valence electrons. The second-order valence-corrected chi connectivity index (χ2v) is 4.44. The molecular weight excluding hydrogens is 212 g/mol. The van der Waals surface area contributed by atoms with Crippen molar-refractivity contribution in [3.8, 4) is 11.3 Å². The van der Waals surface area contributed by atoms with Crippen LogP contribution in [0.25, 0.3) is 11.3 Å². The molecule has 1 aromatic heterocycles. The van der Waals surface area contributed by atoms with E-state index in [1.54, 1.807) is 0 Å². The first kappa shape index (κ1) is 11.7. The molecule has 0 spiro atoms. The van der Waals surface area contributed by atoms with Crippen LogP contribution in [0.15, 0.2) is 30.3 Å². The molecule has 4 nitrogen and oxygen atoms in total. The lowest BCUT2D eigenvalue weighted by Gasteiger charge is -2.04. The monoisotopic (exact) mass is 230 g/mol. The molecule has 0 unspecified atom stereocenters. The highest BCUT2D eigenvalue weighted by Crippen LogP contribution is 2.19. The quantitative estimate of drug-likeness (QED) is 0.705. The summed E-state index contributed by atoms with van der Waals surface area (Å²) in [4.78, 5) is 0. The Hall–Kier alpha value is -1.81. The fraction of sp³-hybridized carbons (Fsp3) is 0.308. The predicted octanol–water partition coefficient (Wildman–Crippen LogP) is 2.16. The van der Waals surface area contributed by atoms with Crippen LogP contribution in [-0.4, -0.2) is 16.2 Å². The summed E-state index contributed by atoms with van der Waals surface area (Å²) < 4.78 is 0. The molecule has 17 heavy (non-hydrogen) atoms. The molecule has 2 aromatic rings. The highest BCUT2D eigenvalue weighted by atomic mass is 15.1. The van der Waals surface area contributed by atoms with Gasteiger partial charge in [-0.05, 0) is 18.2 Å². The number of nitrogen functional groups attached to an aromatic ring is 1. The Bertz CT molecular complexity index is 488. The second kappa shape index (κ2) is 5.01. The highest BCUT2D eigenvalue weighted by molar-refractivity contribution is 5.63. The summed E-state index contributed by atoms with van der Waals surface area (Å²) in [5.41, 5.74) is 9.55. The Labute approximate surface area is 101 Å². The summed E-state index contributed by atoms with van der Waals surface area (Å²) in [5.74, 6) is 0. The number of hydrogen-bond acceptors (Lipinski definition) is 3. The number of nitrogens with zero attached hydrogens (tertiary/aromatic N) is 1. The van der Waals surface area contributed by atoms with Crippen LogP contribution in [0.5, 0.6) is 0 Å². The van der Waals surface area contributed by atoms with Crippen molar-refractivity contribution in [1.29, 1.82) is 0 Å². The molecule has 0 bridgehead atoms. The van der Waals surface area contributed by atoms with Crippen LogP contribution in [0.4, 0.5) is 5.69 Å². The van der Waals surface area contributed by atoms with Crippen LogP contribution in [0.3, 0.4) is 0 Å². The van der Waals surface area contributed by atoms with Gasteiger partial charge in [-0.3, -0.25) is 5.10 Å². The van der Waals surface area contributed by atoms with E-state index in [0.29, 0.717) is 6.04 Å². The van der Waals surface area contributed by atoms with Gasteiger partial charge in [-0.25, -0.2) is 0 Å². The largest absolute Gasteiger partial charge is 0.399 e. The van der Waals surface area contributed by atoms with Crippen LogP contribution in [0.1, 0.15) is 19.5 Å². The van der Waals surface area contributed by atoms with Gasteiger partial charge in [-0.15, -0.1) is 0 Å². The van der Waals surface area contributed by atoms with Gasteiger partial charge >= 0.3 is 0 Å². The van der Waals surface area contributed by atoms with Gasteiger partial charge in [0.1, 0.15) is 0 Å². The maximum absolute atomic E-state index is 5.75. The normalized spacial score (nSPS) is 11.0. The van der Waals surface area contributed by atoms with E-state index in [1.807, 2.05) is 30.3 Å². The van der Waals surface area contributed by atoms with Gasteiger partial charge in [0.25, 0.3) is 0 Å². The molecule has 1 aromatic carbocycles. The van der Waals surface area contributed by atoms with Crippen LogP contribution in [-0.2, 0) is 6.54 Å². The van der Waals surface area contributed by atoms with Crippen molar-refractivity contribution in [3.05, 3.63) is 36.0 Å². The number of nitrogens with one attached hydrogen (secondary N) is 2. The summed E-state index contributed by atoms with van der Waals surface area (Å²) in [6.07, 6.45) is 0. The van der Waals surface area contributed by atoms with E-state index in [4.69, 9.17) is 5.73 Å². The van der Waals surface area contributed by atoms with E-state index in [9.17, 15) is 0 Å². The fourth-order valence-corrected chi connectivity index (χ4v) is 1.61. The average Bonchev–Trinajstić information content (AvgIpc) is 2.75. The molecule has 4 N–H and O–H groups in total. The molecule has 0 atom stereocenters. The van der Waals surface area contributed by atoms with Crippen molar-refractivity contribution < 1.29 is 0 Å². The zero-order chi connectivity index (χ0) is 12.3. The number of anilines is 1. The van der Waals surface area contributed by atoms with Crippen LogP contribution < -0.4 is 11.1 Å². The molecule has 4 heteroatoms. The minimum atomic E-state index is 0.467. The van der Waals surface area contributed by atoms with E-state index in [0.717, 1.165) is 29.2 Å². The first-order valence-electron chi connectivity index (χ1n) is 5.79. The number of H-pyrrole nitrogens is 1. The first-order valence-corrected chi connectivity index (χ1v) is 5.79. The number of nitrogens with two attached hydrogens (primary N) is 1. The Kier molecular flexibility index (Phi) is 3.44. The van der Waals surface area contributed by atoms with Gasteiger partial charge in [-0.1, -0.05) is 26.0 Å². The number of aromatic nitrogens is 2. The minimum absolute atomic E-state index is 0.467. The Morgan fingerprint density at radius 1 is 1.35 bits per heavy atom. The summed E-state index contributed by atoms with van der Waals surface area (Å²) in [6.45, 7) is 5.04. The van der Waals surface area contributed by atoms with E-state index >= 15 is 0 Å². The van der Waals surface area contributed by atoms with Gasteiger partial charge in [0.05, 0.1) is 5.69 Å². The zero-order valence-corrected chi connectivity index (χ0v) is 10.2. The molecule has 0 aliphatic rings. The lowest BCUT2D eigenvalue weighted by molar-refractivity contribution is 0.580. The Balaban J connectivity index is 2.12. The molecule has 0 fully saturated rings. The van der Waals surface area contributed by atoms with Crippen LogP contribution in [0, 0.1) is 0 Å². The summed E-state index contributed by atoms with van der Waals surface area (Å²) >= 11 is 0. The fourth-order valence-electron chi connectivity index (χ4n) is 1.61. The summed E-state index contributed by atoms with van der Waals surface area (Å²) in [6, 6.07) is 10.3. The molecule has 0 saturated carbocycles. The minimum Gasteiger partial charge on any atom is -0.399 e. The highest BCUT2D eigenvalue weighted by Gasteiger charge is 2.04. The zero-order valence-electron chi connectivity index (χ0n) is 10.2. The van der Waals surface area contributed by atoms with E-state index in [1.165, 1.54) is 0 Å². The van der Waals surface area contributed by atoms with Crippen molar-refractivity contribution >= 4 is 5.69 Å². The van der Waals surface area contributed by atoms with Crippen molar-refractivity contribution in [3.63, 3.8) is 0 Å². The van der Waals surface area contributed by atoms with Gasteiger partial charge in [-0.2, -0.15) is 5.10 Å². The summed E-state index contributed by atoms with van der Waals surface area (Å²) in [5, 5.41) is 10.7. The molecule has 0 radical (unpaired) electrons. The molecule has 0 amide bonds. The Morgan fingerprint density at radius 3 is 2.88 bits per heavy atom. The van der Waals surface area contributed by atoms with Crippen LogP contribution in [0.2, 0.25) is 0 Å². The van der Waals surface area contributed by atoms with Crippen molar-refractivity contribution in [2.24, 2.45) is 0 Å². The van der Waals surface area contributed by atoms with Gasteiger partial charge in [0.2, 0.25) is 0 Å². The standard InChI is InChI=1S/C13H18N4/c1-9(2)15-8-12-7-13(17-16-12)10-4-3-5-11(14)6-10/h3-7,9,15H,8,14H2,1-2H3,(H,16,17). The average molecular weight is 230 g/mol. The molecule has 1 heterocycles. The van der Waals surface area contributed by atoms with Crippen molar-refractivity contribution in [2.45, 2.75) is 26.4 Å². The number of rotatable bonds is 4. The number of benzene rings is 1. The lowest BCUT2D eigenvalue weighted by Crippen LogP contribution is -2.21. The van der Waals surface area contributed by atoms with Crippen molar-refractivity contribution in [2.75, 3.05) is 5.73 Å². The van der Waals surface area contributed by atoms with Gasteiger partial charge in [0, 0.05) is 29.5 Å². The second-order valence-electron chi connectivity index (χ2n) is 4.44. The molecular formula is C13H18N4. The molecule has 0 aliphatic heterocycles. The smallest absolute Gasteiger partial charge is 0.0924 e. The third-order valence-corrected chi connectivity index (χ3v) is 2.51. The molecule has 2 rings (SSSR count). The first-order chi connectivity index (χ1) is 8.15. The topological polar surface area (TPSA) is 66.7 Å². The predicted molar refractivity (Wildman–Crippen MR) is 70.4 cm³/mol. The third kappa shape index (κ3) is 3.07. The Morgan fingerprint density at radius 2 is 2.18 bits per heavy atom. The third-order valence-electron chi connectivity index (χ3n) is 2.51.